The molecule has 0 saturated heterocycles. The molecule has 100 valence electrons. The van der Waals surface area contributed by atoms with E-state index in [-0.39, 0.29) is 11.5 Å². The van der Waals surface area contributed by atoms with Crippen molar-refractivity contribution < 1.29 is 14.5 Å². The highest BCUT2D eigenvalue weighted by Gasteiger charge is 2.18. The highest BCUT2D eigenvalue weighted by molar-refractivity contribution is 6.08. The van der Waals surface area contributed by atoms with E-state index >= 15 is 0 Å². The van der Waals surface area contributed by atoms with Gasteiger partial charge in [0.1, 0.15) is 11.6 Å². The number of amidine groups is 1. The van der Waals surface area contributed by atoms with Crippen molar-refractivity contribution in [2.75, 3.05) is 5.32 Å². The average Bonchev–Trinajstić information content (AvgIpc) is 2.96. The number of nitrogens with zero attached hydrogens (tertiary/aromatic N) is 4. The maximum absolute atomic E-state index is 11.9. The molecule has 0 atom stereocenters. The molecular formula is C10H12N6O3. The molecule has 0 spiro atoms. The largest absolute Gasteiger partial charge is 0.409 e. The van der Waals surface area contributed by atoms with Crippen molar-refractivity contribution in [3.8, 4) is 0 Å². The quantitative estimate of drug-likeness (QED) is 0.311. The molecule has 2 aromatic rings. The third-order valence-electron chi connectivity index (χ3n) is 2.41. The summed E-state index contributed by atoms with van der Waals surface area (Å²) in [5.74, 6) is 0.181. The lowest BCUT2D eigenvalue weighted by Crippen LogP contribution is -2.20. The first kappa shape index (κ1) is 12.6. The van der Waals surface area contributed by atoms with Gasteiger partial charge in [0.15, 0.2) is 11.5 Å². The zero-order valence-electron chi connectivity index (χ0n) is 10.3. The van der Waals surface area contributed by atoms with Gasteiger partial charge in [-0.25, -0.2) is 0 Å². The number of amides is 1. The van der Waals surface area contributed by atoms with Crippen LogP contribution in [0.4, 0.5) is 5.82 Å². The molecule has 1 amide bonds. The molecule has 0 aliphatic carbocycles. The molecule has 4 N–H and O–H groups in total. The molecule has 0 aliphatic rings. The van der Waals surface area contributed by atoms with Crippen LogP contribution in [0.5, 0.6) is 0 Å². The Morgan fingerprint density at radius 1 is 1.63 bits per heavy atom. The predicted molar refractivity (Wildman–Crippen MR) is 64.9 cm³/mol. The molecule has 0 fully saturated rings. The fourth-order valence-electron chi connectivity index (χ4n) is 1.47. The molecule has 9 nitrogen and oxygen atoms in total. The number of carbonyl (C=O) groups excluding carboxylic acids is 1. The Morgan fingerprint density at radius 3 is 2.95 bits per heavy atom. The van der Waals surface area contributed by atoms with Crippen molar-refractivity contribution in [2.24, 2.45) is 17.9 Å². The molecule has 0 saturated carbocycles. The van der Waals surface area contributed by atoms with Gasteiger partial charge in [-0.1, -0.05) is 10.3 Å². The number of hydrogen-bond acceptors (Lipinski definition) is 6. The first-order valence-corrected chi connectivity index (χ1v) is 5.27. The van der Waals surface area contributed by atoms with Crippen LogP contribution in [0.15, 0.2) is 21.9 Å². The van der Waals surface area contributed by atoms with E-state index in [9.17, 15) is 4.79 Å². The Morgan fingerprint density at radius 2 is 2.37 bits per heavy atom. The van der Waals surface area contributed by atoms with E-state index in [0.717, 1.165) is 0 Å². The number of anilines is 1. The molecule has 19 heavy (non-hydrogen) atoms. The summed E-state index contributed by atoms with van der Waals surface area (Å²) in [6.45, 7) is 1.68. The second kappa shape index (κ2) is 4.80. The lowest BCUT2D eigenvalue weighted by molar-refractivity contribution is 0.101. The highest BCUT2D eigenvalue weighted by atomic mass is 16.5. The minimum atomic E-state index is -0.479. The van der Waals surface area contributed by atoms with E-state index in [0.29, 0.717) is 17.1 Å². The number of aryl methyl sites for hydroxylation is 2. The van der Waals surface area contributed by atoms with E-state index in [1.807, 2.05) is 0 Å². The van der Waals surface area contributed by atoms with Crippen molar-refractivity contribution in [1.29, 1.82) is 0 Å². The molecular weight excluding hydrogens is 252 g/mol. The zero-order chi connectivity index (χ0) is 14.0. The van der Waals surface area contributed by atoms with Gasteiger partial charge in [-0.2, -0.15) is 5.10 Å². The molecule has 2 rings (SSSR count). The average molecular weight is 264 g/mol. The normalized spacial score (nSPS) is 11.6. The monoisotopic (exact) mass is 264 g/mol. The summed E-state index contributed by atoms with van der Waals surface area (Å²) in [4.78, 5) is 11.9. The topological polar surface area (TPSA) is 132 Å². The van der Waals surface area contributed by atoms with Crippen LogP contribution < -0.4 is 11.1 Å². The molecule has 0 aromatic carbocycles. The number of aromatic nitrogens is 3. The van der Waals surface area contributed by atoms with E-state index in [4.69, 9.17) is 15.5 Å². The molecule has 0 unspecified atom stereocenters. The molecule has 2 heterocycles. The minimum absolute atomic E-state index is 0.129. The molecule has 2 aromatic heterocycles. The first-order chi connectivity index (χ1) is 9.02. The second-order valence-electron chi connectivity index (χ2n) is 3.79. The van der Waals surface area contributed by atoms with Crippen molar-refractivity contribution in [3.05, 3.63) is 29.3 Å². The smallest absolute Gasteiger partial charge is 0.279 e. The fraction of sp³-hybridized carbons (Fsp3) is 0.200. The number of nitrogens with one attached hydrogen (secondary N) is 1. The maximum Gasteiger partial charge on any atom is 0.279 e. The van der Waals surface area contributed by atoms with E-state index in [1.54, 1.807) is 14.0 Å². The Bertz CT molecular complexity index is 641. The number of carbonyl (C=O) groups is 1. The van der Waals surface area contributed by atoms with Crippen LogP contribution in [0.1, 0.15) is 21.8 Å². The molecule has 0 bridgehead atoms. The summed E-state index contributed by atoms with van der Waals surface area (Å²) in [7, 11) is 1.61. The molecule has 0 radical (unpaired) electrons. The van der Waals surface area contributed by atoms with Crippen molar-refractivity contribution in [3.63, 3.8) is 0 Å². The van der Waals surface area contributed by atoms with Crippen molar-refractivity contribution in [1.82, 2.24) is 14.9 Å². The van der Waals surface area contributed by atoms with Gasteiger partial charge in [-0.15, -0.1) is 0 Å². The van der Waals surface area contributed by atoms with E-state index in [2.05, 4.69) is 20.7 Å². The van der Waals surface area contributed by atoms with Crippen LogP contribution >= 0.6 is 0 Å². The predicted octanol–water partition coefficient (Wildman–Crippen LogP) is 0.0633. The van der Waals surface area contributed by atoms with Crippen LogP contribution in [0, 0.1) is 6.92 Å². The fourth-order valence-corrected chi connectivity index (χ4v) is 1.47. The summed E-state index contributed by atoms with van der Waals surface area (Å²) in [5.41, 5.74) is 5.92. The van der Waals surface area contributed by atoms with Gasteiger partial charge in [0.25, 0.3) is 5.91 Å². The minimum Gasteiger partial charge on any atom is -0.409 e. The number of oxime groups is 1. The van der Waals surface area contributed by atoms with E-state index < -0.39 is 5.91 Å². The summed E-state index contributed by atoms with van der Waals surface area (Å²) >= 11 is 0. The summed E-state index contributed by atoms with van der Waals surface area (Å²) < 4.78 is 6.20. The zero-order valence-corrected chi connectivity index (χ0v) is 10.3. The maximum atomic E-state index is 11.9. The van der Waals surface area contributed by atoms with Gasteiger partial charge in [0, 0.05) is 13.1 Å². The lowest BCUT2D eigenvalue weighted by atomic mass is 10.3. The Hall–Kier alpha value is -2.84. The number of rotatable bonds is 3. The van der Waals surface area contributed by atoms with Crippen LogP contribution in [-0.4, -0.2) is 31.9 Å². The van der Waals surface area contributed by atoms with Gasteiger partial charge < -0.3 is 20.8 Å². The third kappa shape index (κ3) is 2.39. The van der Waals surface area contributed by atoms with Crippen LogP contribution in [0.3, 0.4) is 0 Å². The number of hydrogen-bond donors (Lipinski definition) is 3. The SMILES string of the molecule is Cc1cc(C(=O)Nc2c(C(N)=NO)cnn2C)no1. The Labute approximate surface area is 107 Å². The van der Waals surface area contributed by atoms with Gasteiger partial charge >= 0.3 is 0 Å². The van der Waals surface area contributed by atoms with Crippen LogP contribution in [-0.2, 0) is 7.05 Å². The van der Waals surface area contributed by atoms with Crippen LogP contribution in [0.2, 0.25) is 0 Å². The van der Waals surface area contributed by atoms with E-state index in [1.165, 1.54) is 16.9 Å². The Kier molecular flexibility index (Phi) is 3.19. The highest BCUT2D eigenvalue weighted by Crippen LogP contribution is 2.15. The lowest BCUT2D eigenvalue weighted by Gasteiger charge is -2.05. The van der Waals surface area contributed by atoms with Gasteiger partial charge in [-0.3, -0.25) is 9.48 Å². The molecule has 9 heteroatoms. The van der Waals surface area contributed by atoms with Gasteiger partial charge in [-0.05, 0) is 6.92 Å². The van der Waals surface area contributed by atoms with Crippen molar-refractivity contribution >= 4 is 17.6 Å². The van der Waals surface area contributed by atoms with Gasteiger partial charge in [0.2, 0.25) is 0 Å². The van der Waals surface area contributed by atoms with Gasteiger partial charge in [0.05, 0.1) is 11.8 Å². The van der Waals surface area contributed by atoms with Crippen molar-refractivity contribution in [2.45, 2.75) is 6.92 Å². The number of nitrogens with two attached hydrogens (primary N) is 1. The first-order valence-electron chi connectivity index (χ1n) is 5.27. The summed E-state index contributed by atoms with van der Waals surface area (Å²) in [6, 6.07) is 1.49. The Balaban J connectivity index is 2.29. The summed E-state index contributed by atoms with van der Waals surface area (Å²) in [5, 5.41) is 21.6. The molecule has 0 aliphatic heterocycles. The standard InChI is InChI=1S/C10H12N6O3/c1-5-3-7(15-19-5)10(17)13-9-6(8(11)14-18)4-12-16(9)2/h3-4,18H,1-2H3,(H2,11,14)(H,13,17). The third-order valence-corrected chi connectivity index (χ3v) is 2.41. The van der Waals surface area contributed by atoms with Crippen LogP contribution in [0.25, 0.3) is 0 Å². The second-order valence-corrected chi connectivity index (χ2v) is 3.79. The summed E-state index contributed by atoms with van der Waals surface area (Å²) in [6.07, 6.45) is 1.37.